The molecule has 0 aliphatic rings. The van der Waals surface area contributed by atoms with Crippen molar-refractivity contribution < 1.29 is 0 Å². The van der Waals surface area contributed by atoms with Crippen LogP contribution < -0.4 is 0 Å². The minimum absolute atomic E-state index is 0.928. The molecule has 12 heavy (non-hydrogen) atoms. The van der Waals surface area contributed by atoms with Gasteiger partial charge in [-0.15, -0.1) is 10.2 Å². The quantitative estimate of drug-likeness (QED) is 0.636. The van der Waals surface area contributed by atoms with Crippen LogP contribution in [0.2, 0.25) is 0 Å². The molecule has 0 saturated heterocycles. The Labute approximate surface area is 71.1 Å². The van der Waals surface area contributed by atoms with Gasteiger partial charge < -0.3 is 0 Å². The number of rotatable bonds is 1. The van der Waals surface area contributed by atoms with Gasteiger partial charge in [0.25, 0.3) is 0 Å². The van der Waals surface area contributed by atoms with Crippen LogP contribution in [-0.4, -0.2) is 14.6 Å². The highest BCUT2D eigenvalue weighted by atomic mass is 15.2. The van der Waals surface area contributed by atoms with E-state index >= 15 is 0 Å². The molecule has 0 unspecified atom stereocenters. The largest absolute Gasteiger partial charge is 0.289 e. The lowest BCUT2D eigenvalue weighted by Crippen LogP contribution is -1.91. The average molecular weight is 161 g/mol. The summed E-state index contributed by atoms with van der Waals surface area (Å²) in [4.78, 5) is 0. The summed E-state index contributed by atoms with van der Waals surface area (Å²) in [5.41, 5.74) is 3.57. The maximum absolute atomic E-state index is 3.98. The zero-order chi connectivity index (χ0) is 8.55. The van der Waals surface area contributed by atoms with Gasteiger partial charge in [-0.3, -0.25) is 4.40 Å². The second-order valence-electron chi connectivity index (χ2n) is 2.93. The molecule has 0 N–H and O–H groups in total. The third kappa shape index (κ3) is 0.978. The molecule has 2 rings (SSSR count). The molecule has 2 aromatic rings. The lowest BCUT2D eigenvalue weighted by Gasteiger charge is -2.02. The zero-order valence-electron chi connectivity index (χ0n) is 7.28. The van der Waals surface area contributed by atoms with E-state index in [1.807, 2.05) is 4.40 Å². The standard InChI is InChI=1S/C9H11N3/c1-3-8-4-9-11-10-6-12(9)5-7(8)2/h4-6H,3H2,1-2H3. The van der Waals surface area contributed by atoms with Crippen molar-refractivity contribution in [3.63, 3.8) is 0 Å². The predicted molar refractivity (Wildman–Crippen MR) is 47.1 cm³/mol. The summed E-state index contributed by atoms with van der Waals surface area (Å²) < 4.78 is 1.94. The molecule has 62 valence electrons. The third-order valence-corrected chi connectivity index (χ3v) is 2.12. The van der Waals surface area contributed by atoms with E-state index in [-0.39, 0.29) is 0 Å². The summed E-state index contributed by atoms with van der Waals surface area (Å²) in [7, 11) is 0. The number of fused-ring (bicyclic) bond motifs is 1. The molecule has 0 saturated carbocycles. The summed E-state index contributed by atoms with van der Waals surface area (Å²) in [6, 6.07) is 2.09. The van der Waals surface area contributed by atoms with Crippen molar-refractivity contribution in [1.29, 1.82) is 0 Å². The molecule has 2 aromatic heterocycles. The van der Waals surface area contributed by atoms with Crippen LogP contribution in [0.1, 0.15) is 18.1 Å². The molecule has 0 bridgehead atoms. The van der Waals surface area contributed by atoms with Crippen molar-refractivity contribution in [3.05, 3.63) is 29.7 Å². The first kappa shape index (κ1) is 7.28. The summed E-state index contributed by atoms with van der Waals surface area (Å²) in [6.07, 6.45) is 4.84. The minimum Gasteiger partial charge on any atom is -0.289 e. The van der Waals surface area contributed by atoms with Crippen LogP contribution in [0.25, 0.3) is 5.65 Å². The van der Waals surface area contributed by atoms with Gasteiger partial charge in [0.05, 0.1) is 0 Å². The van der Waals surface area contributed by atoms with Crippen LogP contribution in [0.3, 0.4) is 0 Å². The first-order valence-electron chi connectivity index (χ1n) is 4.10. The van der Waals surface area contributed by atoms with Gasteiger partial charge in [0.2, 0.25) is 0 Å². The summed E-state index contributed by atoms with van der Waals surface area (Å²) in [6.45, 7) is 4.26. The van der Waals surface area contributed by atoms with Crippen molar-refractivity contribution in [2.75, 3.05) is 0 Å². The summed E-state index contributed by atoms with van der Waals surface area (Å²) in [5.74, 6) is 0. The van der Waals surface area contributed by atoms with E-state index in [1.165, 1.54) is 11.1 Å². The molecule has 0 amide bonds. The van der Waals surface area contributed by atoms with E-state index in [1.54, 1.807) is 6.33 Å². The second-order valence-corrected chi connectivity index (χ2v) is 2.93. The van der Waals surface area contributed by atoms with Crippen molar-refractivity contribution in [2.45, 2.75) is 20.3 Å². The molecule has 0 spiro atoms. The van der Waals surface area contributed by atoms with Gasteiger partial charge in [0.15, 0.2) is 5.65 Å². The van der Waals surface area contributed by atoms with Gasteiger partial charge in [0.1, 0.15) is 6.33 Å². The molecule has 0 atom stereocenters. The molecular weight excluding hydrogens is 150 g/mol. The lowest BCUT2D eigenvalue weighted by molar-refractivity contribution is 1.06. The van der Waals surface area contributed by atoms with Crippen LogP contribution in [0.5, 0.6) is 0 Å². The minimum atomic E-state index is 0.928. The molecule has 0 fully saturated rings. The molecule has 0 aromatic carbocycles. The van der Waals surface area contributed by atoms with Crippen LogP contribution in [0, 0.1) is 6.92 Å². The Bertz CT molecular complexity index is 403. The van der Waals surface area contributed by atoms with Crippen molar-refractivity contribution in [3.8, 4) is 0 Å². The molecule has 0 aliphatic heterocycles. The Hall–Kier alpha value is -1.38. The average Bonchev–Trinajstić information content (AvgIpc) is 2.49. The van der Waals surface area contributed by atoms with E-state index in [9.17, 15) is 0 Å². The lowest BCUT2D eigenvalue weighted by atomic mass is 10.1. The van der Waals surface area contributed by atoms with Crippen molar-refractivity contribution >= 4 is 5.65 Å². The van der Waals surface area contributed by atoms with Gasteiger partial charge in [0, 0.05) is 6.20 Å². The van der Waals surface area contributed by atoms with E-state index in [0.717, 1.165) is 12.1 Å². The SMILES string of the molecule is CCc1cc2nncn2cc1C. The molecular formula is C9H11N3. The monoisotopic (exact) mass is 161 g/mol. The van der Waals surface area contributed by atoms with E-state index in [2.05, 4.69) is 36.3 Å². The van der Waals surface area contributed by atoms with Crippen LogP contribution in [0.4, 0.5) is 0 Å². The van der Waals surface area contributed by atoms with Gasteiger partial charge >= 0.3 is 0 Å². The Balaban J connectivity index is 2.73. The fourth-order valence-corrected chi connectivity index (χ4v) is 1.40. The summed E-state index contributed by atoms with van der Waals surface area (Å²) in [5, 5.41) is 7.81. The van der Waals surface area contributed by atoms with Gasteiger partial charge in [-0.2, -0.15) is 0 Å². The highest BCUT2D eigenvalue weighted by Gasteiger charge is 1.99. The van der Waals surface area contributed by atoms with Crippen LogP contribution in [-0.2, 0) is 6.42 Å². The molecule has 2 heterocycles. The first-order chi connectivity index (χ1) is 5.81. The molecule has 0 aliphatic carbocycles. The number of aromatic nitrogens is 3. The number of hydrogen-bond acceptors (Lipinski definition) is 2. The summed E-state index contributed by atoms with van der Waals surface area (Å²) >= 11 is 0. The van der Waals surface area contributed by atoms with Gasteiger partial charge in [-0.05, 0) is 30.5 Å². The maximum Gasteiger partial charge on any atom is 0.160 e. The number of nitrogens with zero attached hydrogens (tertiary/aromatic N) is 3. The maximum atomic E-state index is 3.98. The number of aryl methyl sites for hydroxylation is 2. The first-order valence-corrected chi connectivity index (χ1v) is 4.10. The van der Waals surface area contributed by atoms with Crippen molar-refractivity contribution in [1.82, 2.24) is 14.6 Å². The topological polar surface area (TPSA) is 30.2 Å². The Kier molecular flexibility index (Phi) is 1.57. The highest BCUT2D eigenvalue weighted by Crippen LogP contribution is 2.10. The predicted octanol–water partition coefficient (Wildman–Crippen LogP) is 1.60. The molecule has 3 nitrogen and oxygen atoms in total. The molecule has 3 heteroatoms. The fraction of sp³-hybridized carbons (Fsp3) is 0.333. The fourth-order valence-electron chi connectivity index (χ4n) is 1.40. The number of hydrogen-bond donors (Lipinski definition) is 0. The van der Waals surface area contributed by atoms with Crippen LogP contribution >= 0.6 is 0 Å². The van der Waals surface area contributed by atoms with Gasteiger partial charge in [-0.1, -0.05) is 6.92 Å². The van der Waals surface area contributed by atoms with Crippen LogP contribution in [0.15, 0.2) is 18.6 Å². The normalized spacial score (nSPS) is 10.8. The Morgan fingerprint density at radius 1 is 1.50 bits per heavy atom. The molecule has 0 radical (unpaired) electrons. The smallest absolute Gasteiger partial charge is 0.160 e. The number of pyridine rings is 1. The van der Waals surface area contributed by atoms with Gasteiger partial charge in [-0.25, -0.2) is 0 Å². The zero-order valence-corrected chi connectivity index (χ0v) is 7.28. The van der Waals surface area contributed by atoms with E-state index in [0.29, 0.717) is 0 Å². The third-order valence-electron chi connectivity index (χ3n) is 2.12. The highest BCUT2D eigenvalue weighted by molar-refractivity contribution is 5.42. The van der Waals surface area contributed by atoms with E-state index < -0.39 is 0 Å². The Morgan fingerprint density at radius 2 is 2.33 bits per heavy atom. The Morgan fingerprint density at radius 3 is 3.08 bits per heavy atom. The van der Waals surface area contributed by atoms with Crippen molar-refractivity contribution in [2.24, 2.45) is 0 Å². The second kappa shape index (κ2) is 2.59. The van der Waals surface area contributed by atoms with E-state index in [4.69, 9.17) is 0 Å².